The average molecular weight is 285 g/mol. The minimum Gasteiger partial charge on any atom is -0.481 e. The summed E-state index contributed by atoms with van der Waals surface area (Å²) in [6, 6.07) is -0.418. The smallest absolute Gasteiger partial charge is 0.317 e. The van der Waals surface area contributed by atoms with E-state index in [1.54, 1.807) is 4.90 Å². The maximum absolute atomic E-state index is 11.9. The summed E-state index contributed by atoms with van der Waals surface area (Å²) in [5, 5.41) is 11.6. The number of hydrogen-bond acceptors (Lipinski definition) is 3. The maximum atomic E-state index is 11.9. The fourth-order valence-corrected chi connectivity index (χ4v) is 1.95. The van der Waals surface area contributed by atoms with Crippen molar-refractivity contribution in [1.29, 1.82) is 0 Å². The van der Waals surface area contributed by atoms with E-state index in [2.05, 4.69) is 5.32 Å². The SMILES string of the molecule is CCN(CC)C(=O)CN(C)C(=O)NCC1(C(=O)O)CC1. The highest BCUT2D eigenvalue weighted by Crippen LogP contribution is 2.45. The third-order valence-electron chi connectivity index (χ3n) is 3.72. The molecule has 0 saturated heterocycles. The van der Waals surface area contributed by atoms with Crippen molar-refractivity contribution in [1.82, 2.24) is 15.1 Å². The van der Waals surface area contributed by atoms with Gasteiger partial charge >= 0.3 is 12.0 Å². The van der Waals surface area contributed by atoms with Crippen molar-refractivity contribution in [3.8, 4) is 0 Å². The van der Waals surface area contributed by atoms with Gasteiger partial charge in [-0.1, -0.05) is 0 Å². The molecule has 2 N–H and O–H groups in total. The first-order valence-corrected chi connectivity index (χ1v) is 6.86. The number of aliphatic carboxylic acids is 1. The Labute approximate surface area is 118 Å². The molecular weight excluding hydrogens is 262 g/mol. The summed E-state index contributed by atoms with van der Waals surface area (Å²) in [6.45, 7) is 5.08. The molecule has 0 bridgehead atoms. The monoisotopic (exact) mass is 285 g/mol. The van der Waals surface area contributed by atoms with Gasteiger partial charge in [0.1, 0.15) is 6.54 Å². The van der Waals surface area contributed by atoms with Gasteiger partial charge in [0.05, 0.1) is 5.41 Å². The minimum atomic E-state index is -0.875. The molecule has 114 valence electrons. The Bertz CT molecular complexity index is 389. The minimum absolute atomic E-state index is 0.00636. The van der Waals surface area contributed by atoms with Gasteiger partial charge in [-0.25, -0.2) is 4.79 Å². The van der Waals surface area contributed by atoms with Crippen molar-refractivity contribution in [2.45, 2.75) is 26.7 Å². The number of rotatable bonds is 7. The van der Waals surface area contributed by atoms with Crippen molar-refractivity contribution in [3.05, 3.63) is 0 Å². The van der Waals surface area contributed by atoms with Gasteiger partial charge in [-0.05, 0) is 26.7 Å². The van der Waals surface area contributed by atoms with Crippen LogP contribution in [-0.4, -0.2) is 66.0 Å². The normalized spacial score (nSPS) is 15.3. The number of hydrogen-bond donors (Lipinski definition) is 2. The fourth-order valence-electron chi connectivity index (χ4n) is 1.95. The summed E-state index contributed by atoms with van der Waals surface area (Å²) < 4.78 is 0. The highest BCUT2D eigenvalue weighted by Gasteiger charge is 2.50. The topological polar surface area (TPSA) is 90.0 Å². The predicted octanol–water partition coefficient (Wildman–Crippen LogP) is 0.361. The quantitative estimate of drug-likeness (QED) is 0.707. The van der Waals surface area contributed by atoms with Gasteiger partial charge in [0.25, 0.3) is 0 Å². The number of urea groups is 1. The third kappa shape index (κ3) is 3.85. The van der Waals surface area contributed by atoms with Gasteiger partial charge in [-0.2, -0.15) is 0 Å². The number of carbonyl (C=O) groups excluding carboxylic acids is 2. The Kier molecular flexibility index (Phi) is 5.35. The molecule has 1 rings (SSSR count). The lowest BCUT2D eigenvalue weighted by atomic mass is 10.1. The van der Waals surface area contributed by atoms with E-state index in [1.807, 2.05) is 13.8 Å². The predicted molar refractivity (Wildman–Crippen MR) is 73.3 cm³/mol. The lowest BCUT2D eigenvalue weighted by Crippen LogP contribution is -2.46. The van der Waals surface area contributed by atoms with Crippen LogP contribution in [0.4, 0.5) is 4.79 Å². The van der Waals surface area contributed by atoms with Gasteiger partial charge in [0, 0.05) is 26.7 Å². The van der Waals surface area contributed by atoms with E-state index in [0.717, 1.165) is 0 Å². The molecule has 1 aliphatic carbocycles. The Morgan fingerprint density at radius 2 is 1.75 bits per heavy atom. The molecule has 0 spiro atoms. The number of carboxylic acids is 1. The lowest BCUT2D eigenvalue weighted by Gasteiger charge is -2.23. The first kappa shape index (κ1) is 16.3. The van der Waals surface area contributed by atoms with Crippen molar-refractivity contribution in [3.63, 3.8) is 0 Å². The second kappa shape index (κ2) is 6.58. The summed E-state index contributed by atoms with van der Waals surface area (Å²) in [5.41, 5.74) is -0.792. The van der Waals surface area contributed by atoms with E-state index in [-0.39, 0.29) is 19.0 Å². The second-order valence-corrected chi connectivity index (χ2v) is 5.17. The molecule has 0 radical (unpaired) electrons. The molecule has 3 amide bonds. The van der Waals surface area contributed by atoms with Crippen LogP contribution in [0.15, 0.2) is 0 Å². The first-order chi connectivity index (χ1) is 9.36. The van der Waals surface area contributed by atoms with E-state index in [9.17, 15) is 14.4 Å². The number of nitrogens with zero attached hydrogens (tertiary/aromatic N) is 2. The summed E-state index contributed by atoms with van der Waals surface area (Å²) >= 11 is 0. The average Bonchev–Trinajstić information content (AvgIpc) is 3.18. The van der Waals surface area contributed by atoms with Crippen LogP contribution >= 0.6 is 0 Å². The zero-order valence-electron chi connectivity index (χ0n) is 12.3. The van der Waals surface area contributed by atoms with Gasteiger partial charge in [-0.3, -0.25) is 9.59 Å². The van der Waals surface area contributed by atoms with Crippen LogP contribution < -0.4 is 5.32 Å². The summed E-state index contributed by atoms with van der Waals surface area (Å²) in [7, 11) is 1.52. The first-order valence-electron chi connectivity index (χ1n) is 6.86. The summed E-state index contributed by atoms with van der Waals surface area (Å²) in [6.07, 6.45) is 1.18. The molecule has 1 saturated carbocycles. The van der Waals surface area contributed by atoms with Crippen molar-refractivity contribution in [2.24, 2.45) is 5.41 Å². The lowest BCUT2D eigenvalue weighted by molar-refractivity contribution is -0.143. The van der Waals surface area contributed by atoms with Crippen LogP contribution in [0.3, 0.4) is 0 Å². The molecule has 7 nitrogen and oxygen atoms in total. The van der Waals surface area contributed by atoms with E-state index in [1.165, 1.54) is 11.9 Å². The molecule has 0 aromatic carbocycles. The molecular formula is C13H23N3O4. The molecule has 0 atom stereocenters. The molecule has 0 unspecified atom stereocenters. The molecule has 0 aliphatic heterocycles. The Balaban J connectivity index is 2.40. The Morgan fingerprint density at radius 3 is 2.15 bits per heavy atom. The van der Waals surface area contributed by atoms with Crippen LogP contribution in [-0.2, 0) is 9.59 Å². The van der Waals surface area contributed by atoms with Crippen LogP contribution in [0.25, 0.3) is 0 Å². The summed E-state index contributed by atoms with van der Waals surface area (Å²) in [5.74, 6) is -0.994. The molecule has 0 aromatic rings. The van der Waals surface area contributed by atoms with Crippen LogP contribution in [0.2, 0.25) is 0 Å². The van der Waals surface area contributed by atoms with E-state index < -0.39 is 17.4 Å². The third-order valence-corrected chi connectivity index (χ3v) is 3.72. The molecule has 7 heteroatoms. The molecule has 20 heavy (non-hydrogen) atoms. The largest absolute Gasteiger partial charge is 0.481 e. The number of carboxylic acid groups (broad SMARTS) is 1. The summed E-state index contributed by atoms with van der Waals surface area (Å²) in [4.78, 5) is 37.6. The molecule has 0 heterocycles. The fraction of sp³-hybridized carbons (Fsp3) is 0.769. The second-order valence-electron chi connectivity index (χ2n) is 5.17. The number of nitrogens with one attached hydrogen (secondary N) is 1. The van der Waals surface area contributed by atoms with Crippen molar-refractivity contribution < 1.29 is 19.5 Å². The van der Waals surface area contributed by atoms with Gasteiger partial charge in [-0.15, -0.1) is 0 Å². The maximum Gasteiger partial charge on any atom is 0.317 e. The standard InChI is InChI=1S/C13H23N3O4/c1-4-16(5-2)10(17)8-15(3)12(20)14-9-13(6-7-13)11(18)19/h4-9H2,1-3H3,(H,14,20)(H,18,19). The van der Waals surface area contributed by atoms with Crippen molar-refractivity contribution in [2.75, 3.05) is 33.2 Å². The number of likely N-dealkylation sites (N-methyl/N-ethyl adjacent to an activating group) is 2. The Hall–Kier alpha value is -1.79. The van der Waals surface area contributed by atoms with Gasteiger partial charge < -0.3 is 20.2 Å². The zero-order chi connectivity index (χ0) is 15.3. The highest BCUT2D eigenvalue weighted by molar-refractivity contribution is 5.84. The van der Waals surface area contributed by atoms with Crippen molar-refractivity contribution >= 4 is 17.9 Å². The van der Waals surface area contributed by atoms with Gasteiger partial charge in [0.15, 0.2) is 0 Å². The zero-order valence-corrected chi connectivity index (χ0v) is 12.3. The molecule has 1 aliphatic rings. The van der Waals surface area contributed by atoms with E-state index in [4.69, 9.17) is 5.11 Å². The number of carbonyl (C=O) groups is 3. The van der Waals surface area contributed by atoms with Crippen LogP contribution in [0, 0.1) is 5.41 Å². The van der Waals surface area contributed by atoms with E-state index >= 15 is 0 Å². The highest BCUT2D eigenvalue weighted by atomic mass is 16.4. The van der Waals surface area contributed by atoms with Gasteiger partial charge in [0.2, 0.25) is 5.91 Å². The molecule has 0 aromatic heterocycles. The Morgan fingerprint density at radius 1 is 1.20 bits per heavy atom. The van der Waals surface area contributed by atoms with E-state index in [0.29, 0.717) is 25.9 Å². The number of amides is 3. The molecule has 1 fully saturated rings. The van der Waals surface area contributed by atoms with Crippen LogP contribution in [0.1, 0.15) is 26.7 Å². The van der Waals surface area contributed by atoms with Crippen LogP contribution in [0.5, 0.6) is 0 Å².